The minimum Gasteiger partial charge on any atom is -0.481 e. The highest BCUT2D eigenvalue weighted by molar-refractivity contribution is 5.69. The molecule has 0 amide bonds. The third-order valence-electron chi connectivity index (χ3n) is 2.50. The van der Waals surface area contributed by atoms with Crippen molar-refractivity contribution in [1.82, 2.24) is 9.97 Å². The molecule has 0 radical (unpaired) electrons. The van der Waals surface area contributed by atoms with Crippen LogP contribution in [0.3, 0.4) is 0 Å². The molecule has 1 aliphatic carbocycles. The van der Waals surface area contributed by atoms with E-state index in [0.29, 0.717) is 5.82 Å². The zero-order valence-electron chi connectivity index (χ0n) is 8.08. The van der Waals surface area contributed by atoms with E-state index in [1.165, 1.54) is 5.56 Å². The fraction of sp³-hybridized carbons (Fsp3) is 0.500. The van der Waals surface area contributed by atoms with Gasteiger partial charge in [-0.3, -0.25) is 4.79 Å². The van der Waals surface area contributed by atoms with E-state index in [1.807, 2.05) is 6.92 Å². The van der Waals surface area contributed by atoms with Crippen LogP contribution in [0, 0.1) is 6.92 Å². The van der Waals surface area contributed by atoms with Crippen LogP contribution in [-0.2, 0) is 24.1 Å². The fourth-order valence-electron chi connectivity index (χ4n) is 1.90. The maximum absolute atomic E-state index is 10.5. The van der Waals surface area contributed by atoms with Gasteiger partial charge in [0.25, 0.3) is 0 Å². The molecular formula is C10H12N2O2. The molecule has 14 heavy (non-hydrogen) atoms. The molecule has 1 aromatic rings. The number of hydrogen-bond acceptors (Lipinski definition) is 3. The van der Waals surface area contributed by atoms with Gasteiger partial charge in [-0.2, -0.15) is 0 Å². The second-order valence-electron chi connectivity index (χ2n) is 3.57. The Balaban J connectivity index is 2.36. The largest absolute Gasteiger partial charge is 0.481 e. The Morgan fingerprint density at radius 2 is 2.21 bits per heavy atom. The molecule has 1 heterocycles. The Morgan fingerprint density at radius 3 is 2.93 bits per heavy atom. The van der Waals surface area contributed by atoms with Gasteiger partial charge in [-0.1, -0.05) is 0 Å². The summed E-state index contributed by atoms with van der Waals surface area (Å²) in [6.07, 6.45) is 3.04. The SMILES string of the molecule is Cc1nc(CC(=O)O)nc2c1CCC2. The zero-order chi connectivity index (χ0) is 10.1. The van der Waals surface area contributed by atoms with E-state index in [1.54, 1.807) is 0 Å². The molecule has 0 spiro atoms. The highest BCUT2D eigenvalue weighted by Gasteiger charge is 2.17. The van der Waals surface area contributed by atoms with E-state index in [4.69, 9.17) is 5.11 Å². The summed E-state index contributed by atoms with van der Waals surface area (Å²) in [6, 6.07) is 0. The first-order valence-corrected chi connectivity index (χ1v) is 4.74. The number of aliphatic carboxylic acids is 1. The van der Waals surface area contributed by atoms with E-state index < -0.39 is 5.97 Å². The number of aryl methyl sites for hydroxylation is 2. The molecule has 2 rings (SSSR count). The average molecular weight is 192 g/mol. The lowest BCUT2D eigenvalue weighted by Gasteiger charge is -2.04. The smallest absolute Gasteiger partial charge is 0.311 e. The first kappa shape index (κ1) is 9.12. The lowest BCUT2D eigenvalue weighted by Crippen LogP contribution is -2.08. The van der Waals surface area contributed by atoms with Gasteiger partial charge in [0.1, 0.15) is 12.2 Å². The molecule has 1 N–H and O–H groups in total. The molecule has 4 nitrogen and oxygen atoms in total. The Kier molecular flexibility index (Phi) is 2.19. The Morgan fingerprint density at radius 1 is 1.43 bits per heavy atom. The molecule has 1 aromatic heterocycles. The fourth-order valence-corrected chi connectivity index (χ4v) is 1.90. The van der Waals surface area contributed by atoms with Gasteiger partial charge in [0.2, 0.25) is 0 Å². The standard InChI is InChI=1S/C10H12N2O2/c1-6-7-3-2-4-8(7)12-9(11-6)5-10(13)14/h2-5H2,1H3,(H,13,14). The van der Waals surface area contributed by atoms with Crippen molar-refractivity contribution in [2.75, 3.05) is 0 Å². The highest BCUT2D eigenvalue weighted by atomic mass is 16.4. The lowest BCUT2D eigenvalue weighted by molar-refractivity contribution is -0.136. The summed E-state index contributed by atoms with van der Waals surface area (Å²) in [5.41, 5.74) is 3.22. The second kappa shape index (κ2) is 3.36. The monoisotopic (exact) mass is 192 g/mol. The Bertz CT molecular complexity index is 388. The van der Waals surface area contributed by atoms with E-state index in [0.717, 1.165) is 30.7 Å². The molecule has 1 aliphatic rings. The third kappa shape index (κ3) is 1.60. The van der Waals surface area contributed by atoms with Gasteiger partial charge >= 0.3 is 5.97 Å². The van der Waals surface area contributed by atoms with Crippen molar-refractivity contribution in [3.05, 3.63) is 22.8 Å². The van der Waals surface area contributed by atoms with Gasteiger partial charge < -0.3 is 5.11 Å². The number of carboxylic acids is 1. The van der Waals surface area contributed by atoms with Crippen molar-refractivity contribution in [2.45, 2.75) is 32.6 Å². The molecule has 0 atom stereocenters. The molecule has 0 aliphatic heterocycles. The second-order valence-corrected chi connectivity index (χ2v) is 3.57. The topological polar surface area (TPSA) is 63.1 Å². The van der Waals surface area contributed by atoms with Crippen molar-refractivity contribution >= 4 is 5.97 Å². The molecule has 0 fully saturated rings. The number of carboxylic acid groups (broad SMARTS) is 1. The van der Waals surface area contributed by atoms with Crippen molar-refractivity contribution in [2.24, 2.45) is 0 Å². The van der Waals surface area contributed by atoms with Gasteiger partial charge in [-0.25, -0.2) is 9.97 Å². The summed E-state index contributed by atoms with van der Waals surface area (Å²) >= 11 is 0. The number of aromatic nitrogens is 2. The maximum Gasteiger partial charge on any atom is 0.311 e. The van der Waals surface area contributed by atoms with Crippen molar-refractivity contribution < 1.29 is 9.90 Å². The number of nitrogens with zero attached hydrogens (tertiary/aromatic N) is 2. The zero-order valence-corrected chi connectivity index (χ0v) is 8.08. The molecule has 0 bridgehead atoms. The normalized spacial score (nSPS) is 14.1. The third-order valence-corrected chi connectivity index (χ3v) is 2.50. The number of carbonyl (C=O) groups is 1. The van der Waals surface area contributed by atoms with Gasteiger partial charge in [0.05, 0.1) is 0 Å². The predicted octanol–water partition coefficient (Wildman–Crippen LogP) is 0.901. The molecular weight excluding hydrogens is 180 g/mol. The van der Waals surface area contributed by atoms with Crippen LogP contribution in [0.1, 0.15) is 29.2 Å². The average Bonchev–Trinajstić information content (AvgIpc) is 2.50. The first-order valence-electron chi connectivity index (χ1n) is 4.74. The van der Waals surface area contributed by atoms with E-state index in [9.17, 15) is 4.79 Å². The minimum atomic E-state index is -0.873. The maximum atomic E-state index is 10.5. The van der Waals surface area contributed by atoms with Crippen molar-refractivity contribution in [3.63, 3.8) is 0 Å². The van der Waals surface area contributed by atoms with Crippen LogP contribution in [0.15, 0.2) is 0 Å². The highest BCUT2D eigenvalue weighted by Crippen LogP contribution is 2.22. The van der Waals surface area contributed by atoms with Crippen LogP contribution in [0.4, 0.5) is 0 Å². The Labute approximate surface area is 82.0 Å². The van der Waals surface area contributed by atoms with Crippen molar-refractivity contribution in [1.29, 1.82) is 0 Å². The summed E-state index contributed by atoms with van der Waals surface area (Å²) in [4.78, 5) is 19.0. The van der Waals surface area contributed by atoms with E-state index in [-0.39, 0.29) is 6.42 Å². The van der Waals surface area contributed by atoms with Crippen LogP contribution >= 0.6 is 0 Å². The summed E-state index contributed by atoms with van der Waals surface area (Å²) < 4.78 is 0. The number of rotatable bonds is 2. The Hall–Kier alpha value is -1.45. The quantitative estimate of drug-likeness (QED) is 0.756. The van der Waals surface area contributed by atoms with Crippen LogP contribution in [0.25, 0.3) is 0 Å². The molecule has 0 unspecified atom stereocenters. The van der Waals surface area contributed by atoms with Gasteiger partial charge in [-0.05, 0) is 31.7 Å². The number of hydrogen-bond donors (Lipinski definition) is 1. The van der Waals surface area contributed by atoms with Crippen LogP contribution in [0.5, 0.6) is 0 Å². The van der Waals surface area contributed by atoms with E-state index >= 15 is 0 Å². The summed E-state index contributed by atoms with van der Waals surface area (Å²) in [7, 11) is 0. The molecule has 0 aromatic carbocycles. The van der Waals surface area contributed by atoms with Gasteiger partial charge in [0, 0.05) is 11.4 Å². The van der Waals surface area contributed by atoms with E-state index in [2.05, 4.69) is 9.97 Å². The summed E-state index contributed by atoms with van der Waals surface area (Å²) in [5.74, 6) is -0.432. The molecule has 0 saturated carbocycles. The summed E-state index contributed by atoms with van der Waals surface area (Å²) in [6.45, 7) is 1.93. The lowest BCUT2D eigenvalue weighted by atomic mass is 10.2. The van der Waals surface area contributed by atoms with Crippen molar-refractivity contribution in [3.8, 4) is 0 Å². The van der Waals surface area contributed by atoms with Crippen LogP contribution in [-0.4, -0.2) is 21.0 Å². The molecule has 4 heteroatoms. The van der Waals surface area contributed by atoms with Crippen LogP contribution < -0.4 is 0 Å². The summed E-state index contributed by atoms with van der Waals surface area (Å²) in [5, 5.41) is 8.63. The predicted molar refractivity (Wildman–Crippen MR) is 50.1 cm³/mol. The molecule has 0 saturated heterocycles. The van der Waals surface area contributed by atoms with Gasteiger partial charge in [0.15, 0.2) is 0 Å². The van der Waals surface area contributed by atoms with Crippen LogP contribution in [0.2, 0.25) is 0 Å². The van der Waals surface area contributed by atoms with Gasteiger partial charge in [-0.15, -0.1) is 0 Å². The molecule has 74 valence electrons. The first-order chi connectivity index (χ1) is 6.66. The minimum absolute atomic E-state index is 0.0753. The number of fused-ring (bicyclic) bond motifs is 1.